The van der Waals surface area contributed by atoms with Crippen LogP contribution in [0.3, 0.4) is 0 Å². The Morgan fingerprint density at radius 1 is 1.21 bits per heavy atom. The van der Waals surface area contributed by atoms with Crippen molar-refractivity contribution in [2.45, 2.75) is 12.8 Å². The molecule has 1 fully saturated rings. The van der Waals surface area contributed by atoms with E-state index in [2.05, 4.69) is 14.9 Å². The summed E-state index contributed by atoms with van der Waals surface area (Å²) in [4.78, 5) is 14.4. The number of sulfonamides is 1. The number of thiophene rings is 1. The first kappa shape index (κ1) is 25.4. The molecule has 1 N–H and O–H groups in total. The molecule has 38 heavy (non-hydrogen) atoms. The van der Waals surface area contributed by atoms with E-state index in [1.165, 1.54) is 35.1 Å². The summed E-state index contributed by atoms with van der Waals surface area (Å²) in [5.74, 6) is -0.233. The fraction of sp³-hybridized carbons (Fsp3) is 0.200. The van der Waals surface area contributed by atoms with Gasteiger partial charge < -0.3 is 9.64 Å². The van der Waals surface area contributed by atoms with Gasteiger partial charge in [-0.15, -0.1) is 21.5 Å². The molecule has 3 heterocycles. The van der Waals surface area contributed by atoms with E-state index in [0.29, 0.717) is 41.5 Å². The van der Waals surface area contributed by atoms with Crippen LogP contribution in [0.25, 0.3) is 16.4 Å². The van der Waals surface area contributed by atoms with Crippen LogP contribution in [0, 0.1) is 17.1 Å². The van der Waals surface area contributed by atoms with Crippen molar-refractivity contribution >= 4 is 38.9 Å². The minimum atomic E-state index is -3.98. The Labute approximate surface area is 222 Å². The van der Waals surface area contributed by atoms with Crippen LogP contribution < -0.4 is 14.4 Å². The van der Waals surface area contributed by atoms with Crippen LogP contribution in [0.1, 0.15) is 17.5 Å². The number of aromatic nitrogens is 3. The summed E-state index contributed by atoms with van der Waals surface area (Å²) in [6.07, 6.45) is 0.446. The molecule has 0 atom stereocenters. The molecule has 0 unspecified atom stereocenters. The topological polar surface area (TPSA) is 130 Å². The average molecular weight is 553 g/mol. The number of hydrogen-bond donors (Lipinski definition) is 1. The number of β-lactam (4-membered cyclic amide) rings is 1. The van der Waals surface area contributed by atoms with E-state index in [0.717, 1.165) is 10.9 Å². The molecule has 13 heteroatoms. The summed E-state index contributed by atoms with van der Waals surface area (Å²) in [7, 11) is -2.49. The second kappa shape index (κ2) is 10.2. The molecule has 1 amide bonds. The van der Waals surface area contributed by atoms with E-state index in [1.54, 1.807) is 23.1 Å². The zero-order valence-electron chi connectivity index (χ0n) is 20.1. The van der Waals surface area contributed by atoms with Crippen molar-refractivity contribution in [3.63, 3.8) is 0 Å². The van der Waals surface area contributed by atoms with Gasteiger partial charge in [0.05, 0.1) is 35.1 Å². The SMILES string of the molecule is COc1ccc(N2CCC2=O)cc1-n1c(NS(=O)(=O)CCc2ccc(F)cc2C#N)nnc1-c1cccs1. The molecule has 4 aromatic rings. The van der Waals surface area contributed by atoms with Crippen LogP contribution in [0.15, 0.2) is 53.9 Å². The van der Waals surface area contributed by atoms with E-state index in [9.17, 15) is 22.9 Å². The molecular formula is C25H21FN6O4S2. The number of benzene rings is 2. The van der Waals surface area contributed by atoms with E-state index < -0.39 is 15.8 Å². The van der Waals surface area contributed by atoms with Gasteiger partial charge in [0, 0.05) is 18.7 Å². The summed E-state index contributed by atoms with van der Waals surface area (Å²) >= 11 is 1.40. The average Bonchev–Trinajstić information content (AvgIpc) is 3.57. The minimum Gasteiger partial charge on any atom is -0.495 e. The zero-order chi connectivity index (χ0) is 26.9. The van der Waals surface area contributed by atoms with Gasteiger partial charge in [-0.3, -0.25) is 14.1 Å². The van der Waals surface area contributed by atoms with Gasteiger partial charge in [-0.25, -0.2) is 12.8 Å². The zero-order valence-corrected chi connectivity index (χ0v) is 21.7. The first-order valence-electron chi connectivity index (χ1n) is 11.5. The van der Waals surface area contributed by atoms with Crippen LogP contribution >= 0.6 is 11.3 Å². The highest BCUT2D eigenvalue weighted by atomic mass is 32.2. The third-order valence-electron chi connectivity index (χ3n) is 6.05. The molecule has 2 aromatic heterocycles. The number of hydrogen-bond acceptors (Lipinski definition) is 8. The number of rotatable bonds is 9. The van der Waals surface area contributed by atoms with E-state index >= 15 is 0 Å². The number of ether oxygens (including phenoxy) is 1. The lowest BCUT2D eigenvalue weighted by atomic mass is 10.1. The third-order valence-corrected chi connectivity index (χ3v) is 8.15. The number of carbonyl (C=O) groups excluding carboxylic acids is 1. The predicted octanol–water partition coefficient (Wildman–Crippen LogP) is 3.74. The second-order valence-corrected chi connectivity index (χ2v) is 11.2. The summed E-state index contributed by atoms with van der Waals surface area (Å²) in [5.41, 5.74) is 1.57. The maximum Gasteiger partial charge on any atom is 0.243 e. The number of carbonyl (C=O) groups is 1. The molecule has 0 aliphatic carbocycles. The largest absolute Gasteiger partial charge is 0.495 e. The maximum atomic E-state index is 13.5. The first-order chi connectivity index (χ1) is 18.3. The standard InChI is InChI=1S/C25H21FN6O4S2/c1-36-21-7-6-19(31-10-8-23(31)33)14-20(21)32-24(22-3-2-11-37-22)28-29-25(32)30-38(34,35)12-9-16-4-5-18(26)13-17(16)15-27/h2-7,11,13-14H,8-10,12H2,1H3,(H,29,30). The molecule has 1 saturated heterocycles. The fourth-order valence-corrected chi connectivity index (χ4v) is 5.76. The van der Waals surface area contributed by atoms with Crippen molar-refractivity contribution in [1.29, 1.82) is 5.26 Å². The van der Waals surface area contributed by atoms with Crippen LogP contribution in [0.4, 0.5) is 16.0 Å². The lowest BCUT2D eigenvalue weighted by Gasteiger charge is -2.31. The van der Waals surface area contributed by atoms with Gasteiger partial charge in [0.25, 0.3) is 0 Å². The number of nitrogens with zero attached hydrogens (tertiary/aromatic N) is 5. The summed E-state index contributed by atoms with van der Waals surface area (Å²) in [6, 6.07) is 14.4. The van der Waals surface area contributed by atoms with Crippen molar-refractivity contribution < 1.29 is 22.3 Å². The van der Waals surface area contributed by atoms with Crippen LogP contribution in [0.2, 0.25) is 0 Å². The van der Waals surface area contributed by atoms with Crippen molar-refractivity contribution in [2.24, 2.45) is 0 Å². The number of amides is 1. The first-order valence-corrected chi connectivity index (χ1v) is 14.0. The lowest BCUT2D eigenvalue weighted by molar-refractivity contribution is -0.122. The molecular weight excluding hydrogens is 531 g/mol. The summed E-state index contributed by atoms with van der Waals surface area (Å²) in [6.45, 7) is 0.581. The number of nitrogens with one attached hydrogen (secondary N) is 1. The molecule has 2 aromatic carbocycles. The molecule has 5 rings (SSSR count). The number of halogens is 1. The highest BCUT2D eigenvalue weighted by molar-refractivity contribution is 7.92. The molecule has 194 valence electrons. The van der Waals surface area contributed by atoms with Crippen LogP contribution in [-0.4, -0.2) is 48.5 Å². The molecule has 10 nitrogen and oxygen atoms in total. The van der Waals surface area contributed by atoms with Crippen molar-refractivity contribution in [2.75, 3.05) is 29.0 Å². The monoisotopic (exact) mass is 552 g/mol. The lowest BCUT2D eigenvalue weighted by Crippen LogP contribution is -2.43. The van der Waals surface area contributed by atoms with Gasteiger partial charge in [-0.1, -0.05) is 12.1 Å². The van der Waals surface area contributed by atoms with Gasteiger partial charge in [0.15, 0.2) is 5.82 Å². The Morgan fingerprint density at radius 2 is 2.05 bits per heavy atom. The van der Waals surface area contributed by atoms with E-state index in [1.807, 2.05) is 23.6 Å². The highest BCUT2D eigenvalue weighted by Crippen LogP contribution is 2.36. The van der Waals surface area contributed by atoms with Gasteiger partial charge >= 0.3 is 0 Å². The van der Waals surface area contributed by atoms with Crippen molar-refractivity contribution in [3.05, 3.63) is 70.9 Å². The number of methoxy groups -OCH3 is 1. The molecule has 0 saturated carbocycles. The van der Waals surface area contributed by atoms with E-state index in [-0.39, 0.29) is 29.6 Å². The van der Waals surface area contributed by atoms with E-state index in [4.69, 9.17) is 4.74 Å². The fourth-order valence-electron chi connectivity index (χ4n) is 4.06. The predicted molar refractivity (Wildman–Crippen MR) is 140 cm³/mol. The minimum absolute atomic E-state index is 0.0122. The maximum absolute atomic E-state index is 13.5. The Morgan fingerprint density at radius 3 is 2.71 bits per heavy atom. The molecule has 0 spiro atoms. The normalized spacial score (nSPS) is 13.2. The Bertz CT molecular complexity index is 1660. The highest BCUT2D eigenvalue weighted by Gasteiger charge is 2.28. The molecule has 0 bridgehead atoms. The van der Waals surface area contributed by atoms with Crippen molar-refractivity contribution in [3.8, 4) is 28.2 Å². The Balaban J connectivity index is 1.52. The van der Waals surface area contributed by atoms with Gasteiger partial charge in [-0.2, -0.15) is 5.26 Å². The summed E-state index contributed by atoms with van der Waals surface area (Å²) < 4.78 is 49.3. The quantitative estimate of drug-likeness (QED) is 0.313. The second-order valence-electron chi connectivity index (χ2n) is 8.40. The third kappa shape index (κ3) is 4.96. The molecule has 0 radical (unpaired) electrons. The van der Waals surface area contributed by atoms with Gasteiger partial charge in [0.1, 0.15) is 11.6 Å². The van der Waals surface area contributed by atoms with Crippen molar-refractivity contribution in [1.82, 2.24) is 14.8 Å². The smallest absolute Gasteiger partial charge is 0.243 e. The summed E-state index contributed by atoms with van der Waals surface area (Å²) in [5, 5.41) is 19.5. The van der Waals surface area contributed by atoms with Crippen LogP contribution in [0.5, 0.6) is 5.75 Å². The number of aryl methyl sites for hydroxylation is 1. The van der Waals surface area contributed by atoms with Gasteiger partial charge in [-0.05, 0) is 53.8 Å². The Kier molecular flexibility index (Phi) is 6.83. The number of anilines is 2. The number of nitriles is 1. The van der Waals surface area contributed by atoms with Gasteiger partial charge in [0.2, 0.25) is 21.9 Å². The molecule has 1 aliphatic heterocycles. The van der Waals surface area contributed by atoms with Crippen LogP contribution in [-0.2, 0) is 21.2 Å². The molecule has 1 aliphatic rings. The Hall–Kier alpha value is -4.28.